The van der Waals surface area contributed by atoms with E-state index in [0.717, 1.165) is 16.2 Å². The van der Waals surface area contributed by atoms with Gasteiger partial charge in [-0.2, -0.15) is 4.39 Å². The average molecular weight is 186 g/mol. The van der Waals surface area contributed by atoms with Gasteiger partial charge in [0, 0.05) is 16.8 Å². The molecule has 0 amide bonds. The Morgan fingerprint density at radius 2 is 1.71 bits per heavy atom. The number of hydrogen-bond donors (Lipinski definition) is 0. The van der Waals surface area contributed by atoms with Crippen molar-refractivity contribution < 1.29 is 8.81 Å². The Morgan fingerprint density at radius 1 is 0.929 bits per heavy atom. The van der Waals surface area contributed by atoms with E-state index in [1.54, 1.807) is 0 Å². The van der Waals surface area contributed by atoms with E-state index in [9.17, 15) is 4.39 Å². The Kier molecular flexibility index (Phi) is 1.39. The van der Waals surface area contributed by atoms with E-state index in [1.165, 1.54) is 6.07 Å². The molecule has 0 fully saturated rings. The second-order valence-electron chi connectivity index (χ2n) is 3.26. The Labute approximate surface area is 79.8 Å². The van der Waals surface area contributed by atoms with E-state index >= 15 is 0 Å². The second-order valence-corrected chi connectivity index (χ2v) is 3.26. The predicted octanol–water partition coefficient (Wildman–Crippen LogP) is 3.73. The van der Waals surface area contributed by atoms with E-state index in [0.29, 0.717) is 5.58 Å². The summed E-state index contributed by atoms with van der Waals surface area (Å²) in [6.45, 7) is 0. The molecule has 0 bridgehead atoms. The molecule has 3 aromatic rings. The molecular formula is C12H7FO. The zero-order valence-corrected chi connectivity index (χ0v) is 7.33. The van der Waals surface area contributed by atoms with Crippen LogP contribution in [0.2, 0.25) is 0 Å². The standard InChI is InChI=1S/C12H7FO/c13-11-7-9-6-5-8-3-1-2-4-10(8)12(9)14-11/h1-7H. The topological polar surface area (TPSA) is 13.1 Å². The van der Waals surface area contributed by atoms with E-state index in [1.807, 2.05) is 36.4 Å². The molecule has 0 spiro atoms. The average Bonchev–Trinajstić information content (AvgIpc) is 2.59. The van der Waals surface area contributed by atoms with Gasteiger partial charge in [0.05, 0.1) is 0 Å². The summed E-state index contributed by atoms with van der Waals surface area (Å²) in [5.41, 5.74) is 0.626. The lowest BCUT2D eigenvalue weighted by atomic mass is 10.1. The lowest BCUT2D eigenvalue weighted by molar-refractivity contribution is 0.382. The number of halogens is 1. The minimum atomic E-state index is -0.531. The number of fused-ring (bicyclic) bond motifs is 3. The van der Waals surface area contributed by atoms with E-state index in [-0.39, 0.29) is 0 Å². The fourth-order valence-electron chi connectivity index (χ4n) is 1.74. The Morgan fingerprint density at radius 3 is 2.64 bits per heavy atom. The summed E-state index contributed by atoms with van der Waals surface area (Å²) in [6.07, 6.45) is 0. The Hall–Kier alpha value is -1.83. The zero-order valence-electron chi connectivity index (χ0n) is 7.33. The molecule has 0 saturated carbocycles. The summed E-state index contributed by atoms with van der Waals surface area (Å²) in [6, 6.07) is 12.5. The minimum absolute atomic E-state index is 0.531. The molecule has 0 saturated heterocycles. The Bertz CT molecular complexity index is 610. The molecule has 0 radical (unpaired) electrons. The van der Waals surface area contributed by atoms with Crippen LogP contribution < -0.4 is 0 Å². The second kappa shape index (κ2) is 2.58. The van der Waals surface area contributed by atoms with Gasteiger partial charge in [0.1, 0.15) is 5.58 Å². The van der Waals surface area contributed by atoms with Crippen LogP contribution >= 0.6 is 0 Å². The lowest BCUT2D eigenvalue weighted by Gasteiger charge is -1.96. The van der Waals surface area contributed by atoms with Crippen molar-refractivity contribution in [3.05, 3.63) is 48.5 Å². The molecule has 2 heteroatoms. The maximum atomic E-state index is 12.9. The summed E-state index contributed by atoms with van der Waals surface area (Å²) in [7, 11) is 0. The van der Waals surface area contributed by atoms with Crippen LogP contribution in [0, 0.1) is 6.01 Å². The van der Waals surface area contributed by atoms with Gasteiger partial charge >= 0.3 is 0 Å². The third-order valence-corrected chi connectivity index (χ3v) is 2.38. The van der Waals surface area contributed by atoms with Crippen LogP contribution in [-0.2, 0) is 0 Å². The Balaban J connectivity index is 2.60. The van der Waals surface area contributed by atoms with Gasteiger partial charge in [0.15, 0.2) is 0 Å². The van der Waals surface area contributed by atoms with Crippen LogP contribution in [0.3, 0.4) is 0 Å². The summed E-state index contributed by atoms with van der Waals surface area (Å²) in [4.78, 5) is 0. The lowest BCUT2D eigenvalue weighted by Crippen LogP contribution is -1.71. The molecule has 0 atom stereocenters. The molecule has 3 rings (SSSR count). The van der Waals surface area contributed by atoms with Crippen molar-refractivity contribution >= 4 is 21.7 Å². The molecule has 68 valence electrons. The van der Waals surface area contributed by atoms with Gasteiger partial charge in [0.25, 0.3) is 6.01 Å². The number of rotatable bonds is 0. The van der Waals surface area contributed by atoms with Gasteiger partial charge in [-0.15, -0.1) is 0 Å². The van der Waals surface area contributed by atoms with Gasteiger partial charge in [-0.3, -0.25) is 0 Å². The molecule has 1 nitrogen and oxygen atoms in total. The molecule has 2 aromatic carbocycles. The van der Waals surface area contributed by atoms with Gasteiger partial charge in [-0.25, -0.2) is 0 Å². The highest BCUT2D eigenvalue weighted by Crippen LogP contribution is 2.27. The van der Waals surface area contributed by atoms with E-state index < -0.39 is 6.01 Å². The van der Waals surface area contributed by atoms with Crippen molar-refractivity contribution in [2.24, 2.45) is 0 Å². The smallest absolute Gasteiger partial charge is 0.278 e. The van der Waals surface area contributed by atoms with Crippen LogP contribution in [0.4, 0.5) is 4.39 Å². The van der Waals surface area contributed by atoms with Crippen molar-refractivity contribution in [1.29, 1.82) is 0 Å². The van der Waals surface area contributed by atoms with Crippen molar-refractivity contribution in [1.82, 2.24) is 0 Å². The van der Waals surface area contributed by atoms with E-state index in [2.05, 4.69) is 0 Å². The third kappa shape index (κ3) is 0.940. The van der Waals surface area contributed by atoms with Gasteiger partial charge < -0.3 is 4.42 Å². The van der Waals surface area contributed by atoms with E-state index in [4.69, 9.17) is 4.42 Å². The summed E-state index contributed by atoms with van der Waals surface area (Å²) < 4.78 is 17.9. The maximum absolute atomic E-state index is 12.9. The normalized spacial score (nSPS) is 11.2. The molecule has 0 aliphatic heterocycles. The molecule has 0 unspecified atom stereocenters. The first-order valence-electron chi connectivity index (χ1n) is 4.41. The number of benzene rings is 2. The molecule has 1 aromatic heterocycles. The van der Waals surface area contributed by atoms with Gasteiger partial charge in [0.2, 0.25) is 0 Å². The number of hydrogen-bond acceptors (Lipinski definition) is 1. The first-order chi connectivity index (χ1) is 6.84. The predicted molar refractivity (Wildman–Crippen MR) is 53.7 cm³/mol. The monoisotopic (exact) mass is 186 g/mol. The highest BCUT2D eigenvalue weighted by molar-refractivity contribution is 6.04. The molecule has 1 heterocycles. The first-order valence-corrected chi connectivity index (χ1v) is 4.41. The third-order valence-electron chi connectivity index (χ3n) is 2.38. The molecule has 0 aliphatic rings. The summed E-state index contributed by atoms with van der Waals surface area (Å²) in [5, 5.41) is 2.82. The highest BCUT2D eigenvalue weighted by atomic mass is 19.1. The molecule has 14 heavy (non-hydrogen) atoms. The number of furan rings is 1. The summed E-state index contributed by atoms with van der Waals surface area (Å²) >= 11 is 0. The van der Waals surface area contributed by atoms with Crippen LogP contribution in [0.5, 0.6) is 0 Å². The fraction of sp³-hybridized carbons (Fsp3) is 0. The highest BCUT2D eigenvalue weighted by Gasteiger charge is 2.05. The molecular weight excluding hydrogens is 179 g/mol. The largest absolute Gasteiger partial charge is 0.430 e. The zero-order chi connectivity index (χ0) is 9.54. The first kappa shape index (κ1) is 7.56. The van der Waals surface area contributed by atoms with Gasteiger partial charge in [-0.1, -0.05) is 36.4 Å². The quantitative estimate of drug-likeness (QED) is 0.521. The van der Waals surface area contributed by atoms with Crippen LogP contribution in [0.15, 0.2) is 46.9 Å². The molecule has 0 aliphatic carbocycles. The fourth-order valence-corrected chi connectivity index (χ4v) is 1.74. The van der Waals surface area contributed by atoms with Crippen LogP contribution in [0.1, 0.15) is 0 Å². The summed E-state index contributed by atoms with van der Waals surface area (Å²) in [5.74, 6) is 0. The van der Waals surface area contributed by atoms with Crippen molar-refractivity contribution in [3.8, 4) is 0 Å². The minimum Gasteiger partial charge on any atom is -0.430 e. The van der Waals surface area contributed by atoms with Crippen molar-refractivity contribution in [2.75, 3.05) is 0 Å². The van der Waals surface area contributed by atoms with Crippen LogP contribution in [-0.4, -0.2) is 0 Å². The van der Waals surface area contributed by atoms with Gasteiger partial charge in [-0.05, 0) is 5.39 Å². The van der Waals surface area contributed by atoms with Crippen LogP contribution in [0.25, 0.3) is 21.7 Å². The molecule has 0 N–H and O–H groups in total. The van der Waals surface area contributed by atoms with Crippen molar-refractivity contribution in [3.63, 3.8) is 0 Å². The SMILES string of the molecule is Fc1cc2ccc3ccccc3c2o1. The van der Waals surface area contributed by atoms with Crippen molar-refractivity contribution in [2.45, 2.75) is 0 Å². The maximum Gasteiger partial charge on any atom is 0.278 e.